The van der Waals surface area contributed by atoms with Crippen LogP contribution < -0.4 is 4.72 Å². The van der Waals surface area contributed by atoms with Gasteiger partial charge >= 0.3 is 0 Å². The number of fused-ring (bicyclic) bond motifs is 3. The summed E-state index contributed by atoms with van der Waals surface area (Å²) in [7, 11) is 0. The van der Waals surface area contributed by atoms with Gasteiger partial charge in [-0.1, -0.05) is 29.3 Å². The molecule has 1 aliphatic rings. The fourth-order valence-electron chi connectivity index (χ4n) is 3.36. The zero-order chi connectivity index (χ0) is 15.8. The maximum Gasteiger partial charge on any atom is 0.0578 e. The number of benzene rings is 2. The van der Waals surface area contributed by atoms with Crippen molar-refractivity contribution in [2.75, 3.05) is 0 Å². The number of rotatable bonds is 3. The first-order chi connectivity index (χ1) is 11.2. The van der Waals surface area contributed by atoms with Gasteiger partial charge < -0.3 is 4.98 Å². The van der Waals surface area contributed by atoms with Crippen LogP contribution in [0.4, 0.5) is 0 Å². The lowest BCUT2D eigenvalue weighted by Crippen LogP contribution is -2.19. The van der Waals surface area contributed by atoms with Crippen LogP contribution in [0.2, 0.25) is 5.02 Å². The van der Waals surface area contributed by atoms with E-state index in [4.69, 9.17) is 11.6 Å². The number of aryl methyl sites for hydroxylation is 2. The van der Waals surface area contributed by atoms with E-state index in [2.05, 4.69) is 40.9 Å². The molecule has 1 unspecified atom stereocenters. The Bertz CT molecular complexity index is 856. The zero-order valence-electron chi connectivity index (χ0n) is 13.0. The third-order valence-corrected chi connectivity index (χ3v) is 5.60. The Morgan fingerprint density at radius 1 is 1.22 bits per heavy atom. The zero-order valence-corrected chi connectivity index (χ0v) is 14.6. The number of hydrogen-bond acceptors (Lipinski definition) is 2. The van der Waals surface area contributed by atoms with E-state index < -0.39 is 0 Å². The number of H-pyrrole nitrogens is 1. The van der Waals surface area contributed by atoms with Gasteiger partial charge in [-0.25, -0.2) is 0 Å². The second-order valence-electron chi connectivity index (χ2n) is 6.19. The molecule has 3 aromatic rings. The van der Waals surface area contributed by atoms with Crippen LogP contribution in [-0.2, 0) is 6.42 Å². The summed E-state index contributed by atoms with van der Waals surface area (Å²) in [6.45, 7) is 2.16. The number of aromatic amines is 1. The maximum absolute atomic E-state index is 6.07. The Morgan fingerprint density at radius 3 is 3.00 bits per heavy atom. The number of aromatic nitrogens is 1. The number of nitrogens with one attached hydrogen (secondary N) is 2. The molecule has 0 radical (unpaired) electrons. The van der Waals surface area contributed by atoms with E-state index in [1.807, 2.05) is 18.2 Å². The average molecular weight is 343 g/mol. The van der Waals surface area contributed by atoms with Gasteiger partial charge in [0.15, 0.2) is 0 Å². The molecule has 0 amide bonds. The van der Waals surface area contributed by atoms with Gasteiger partial charge in [0.1, 0.15) is 0 Å². The summed E-state index contributed by atoms with van der Waals surface area (Å²) in [5.74, 6) is 0. The van der Waals surface area contributed by atoms with Gasteiger partial charge in [-0.2, -0.15) is 0 Å². The van der Waals surface area contributed by atoms with E-state index in [-0.39, 0.29) is 0 Å². The van der Waals surface area contributed by atoms with Gasteiger partial charge in [-0.15, -0.1) is 0 Å². The fraction of sp³-hybridized carbons (Fsp3) is 0.263. The van der Waals surface area contributed by atoms with Crippen molar-refractivity contribution in [2.45, 2.75) is 37.1 Å². The minimum atomic E-state index is 0.357. The third-order valence-electron chi connectivity index (χ3n) is 4.48. The van der Waals surface area contributed by atoms with Gasteiger partial charge in [0.25, 0.3) is 0 Å². The lowest BCUT2D eigenvalue weighted by molar-refractivity contribution is 0.535. The Morgan fingerprint density at radius 2 is 2.13 bits per heavy atom. The molecule has 0 bridgehead atoms. The highest BCUT2D eigenvalue weighted by Gasteiger charge is 2.24. The van der Waals surface area contributed by atoms with Crippen molar-refractivity contribution >= 4 is 34.5 Å². The monoisotopic (exact) mass is 342 g/mol. The molecule has 2 aromatic carbocycles. The largest absolute Gasteiger partial charge is 0.357 e. The summed E-state index contributed by atoms with van der Waals surface area (Å²) in [4.78, 5) is 4.79. The van der Waals surface area contributed by atoms with Gasteiger partial charge in [0.2, 0.25) is 0 Å². The summed E-state index contributed by atoms with van der Waals surface area (Å²) in [5, 5.41) is 2.17. The fourth-order valence-corrected chi connectivity index (χ4v) is 4.47. The molecule has 0 aliphatic heterocycles. The summed E-state index contributed by atoms with van der Waals surface area (Å²) < 4.78 is 3.62. The predicted octanol–water partition coefficient (Wildman–Crippen LogP) is 5.80. The van der Waals surface area contributed by atoms with Crippen molar-refractivity contribution < 1.29 is 0 Å². The van der Waals surface area contributed by atoms with Crippen LogP contribution in [-0.4, -0.2) is 4.98 Å². The molecule has 1 heterocycles. The van der Waals surface area contributed by atoms with Crippen molar-refractivity contribution in [3.63, 3.8) is 0 Å². The van der Waals surface area contributed by atoms with Crippen molar-refractivity contribution in [1.29, 1.82) is 0 Å². The van der Waals surface area contributed by atoms with Crippen molar-refractivity contribution in [2.24, 2.45) is 0 Å². The topological polar surface area (TPSA) is 27.8 Å². The van der Waals surface area contributed by atoms with Crippen LogP contribution in [0.25, 0.3) is 10.9 Å². The van der Waals surface area contributed by atoms with Gasteiger partial charge in [-0.3, -0.25) is 4.72 Å². The van der Waals surface area contributed by atoms with E-state index in [0.717, 1.165) is 16.3 Å². The van der Waals surface area contributed by atoms with Crippen molar-refractivity contribution in [3.05, 3.63) is 64.3 Å². The Balaban J connectivity index is 1.61. The minimum Gasteiger partial charge on any atom is -0.357 e. The molecule has 0 fully saturated rings. The van der Waals surface area contributed by atoms with Crippen molar-refractivity contribution in [1.82, 2.24) is 9.71 Å². The highest BCUT2D eigenvalue weighted by molar-refractivity contribution is 7.97. The lowest BCUT2D eigenvalue weighted by Gasteiger charge is -2.23. The van der Waals surface area contributed by atoms with E-state index in [0.29, 0.717) is 6.04 Å². The molecule has 23 heavy (non-hydrogen) atoms. The second-order valence-corrected chi connectivity index (χ2v) is 7.54. The molecule has 1 aromatic heterocycles. The van der Waals surface area contributed by atoms with E-state index >= 15 is 0 Å². The first-order valence-electron chi connectivity index (χ1n) is 8.00. The molecule has 118 valence electrons. The number of hydrogen-bond donors (Lipinski definition) is 2. The smallest absolute Gasteiger partial charge is 0.0578 e. The Hall–Kier alpha value is -1.42. The van der Waals surface area contributed by atoms with Crippen LogP contribution in [0.15, 0.2) is 47.4 Å². The molecule has 0 saturated heterocycles. The molecule has 4 heteroatoms. The lowest BCUT2D eigenvalue weighted by atomic mass is 9.92. The highest BCUT2D eigenvalue weighted by atomic mass is 35.5. The van der Waals surface area contributed by atoms with Crippen LogP contribution >= 0.6 is 23.5 Å². The SMILES string of the molecule is Cc1ccc2[nH]c3c(c2c1)CCCC3NSc1cccc(Cl)c1. The van der Waals surface area contributed by atoms with E-state index in [9.17, 15) is 0 Å². The maximum atomic E-state index is 6.07. The summed E-state index contributed by atoms with van der Waals surface area (Å²) in [5.41, 5.74) is 5.41. The Kier molecular flexibility index (Phi) is 4.10. The van der Waals surface area contributed by atoms with Crippen LogP contribution in [0.3, 0.4) is 0 Å². The van der Waals surface area contributed by atoms with Crippen LogP contribution in [0, 0.1) is 6.92 Å². The van der Waals surface area contributed by atoms with Crippen LogP contribution in [0.1, 0.15) is 35.7 Å². The summed E-state index contributed by atoms with van der Waals surface area (Å²) >= 11 is 7.73. The molecule has 0 spiro atoms. The third kappa shape index (κ3) is 3.01. The molecule has 0 saturated carbocycles. The van der Waals surface area contributed by atoms with E-state index in [1.54, 1.807) is 11.9 Å². The van der Waals surface area contributed by atoms with Gasteiger partial charge in [0.05, 0.1) is 6.04 Å². The summed E-state index contributed by atoms with van der Waals surface area (Å²) in [6, 6.07) is 15.0. The molecule has 1 aliphatic carbocycles. The quantitative estimate of drug-likeness (QED) is 0.588. The Labute approximate surface area is 145 Å². The second kappa shape index (κ2) is 6.23. The minimum absolute atomic E-state index is 0.357. The molecular formula is C19H19ClN2S. The average Bonchev–Trinajstić information content (AvgIpc) is 2.91. The highest BCUT2D eigenvalue weighted by Crippen LogP contribution is 2.36. The molecule has 1 atom stereocenters. The standard InChI is InChI=1S/C19H19ClN2S/c1-12-8-9-17-16(10-12)15-6-3-7-18(19(15)21-17)22-23-14-5-2-4-13(20)11-14/h2,4-5,8-11,18,21-22H,3,6-7H2,1H3. The van der Waals surface area contributed by atoms with Crippen molar-refractivity contribution in [3.8, 4) is 0 Å². The van der Waals surface area contributed by atoms with Gasteiger partial charge in [-0.05, 0) is 74.0 Å². The first-order valence-corrected chi connectivity index (χ1v) is 9.19. The predicted molar refractivity (Wildman–Crippen MR) is 99.2 cm³/mol. The molecule has 2 N–H and O–H groups in total. The van der Waals surface area contributed by atoms with Crippen LogP contribution in [0.5, 0.6) is 0 Å². The molecule has 2 nitrogen and oxygen atoms in total. The normalized spacial score (nSPS) is 17.4. The molecule has 4 rings (SSSR count). The first kappa shape index (κ1) is 15.1. The summed E-state index contributed by atoms with van der Waals surface area (Å²) in [6.07, 6.45) is 3.55. The number of halogens is 1. The van der Waals surface area contributed by atoms with Gasteiger partial charge in [0, 0.05) is 26.5 Å². The molecular weight excluding hydrogens is 324 g/mol. The van der Waals surface area contributed by atoms with E-state index in [1.165, 1.54) is 40.6 Å².